The average molecular weight is 787 g/mol. The van der Waals surface area contributed by atoms with Gasteiger partial charge in [0.2, 0.25) is 0 Å². The Kier molecular flexibility index (Phi) is 16.7. The smallest absolute Gasteiger partial charge is 0.311 e. The third kappa shape index (κ3) is 10.6. The van der Waals surface area contributed by atoms with E-state index in [0.29, 0.717) is 19.4 Å². The predicted molar refractivity (Wildman–Crippen MR) is 203 cm³/mol. The molecule has 0 aromatic carbocycles. The molecule has 0 aromatic heterocycles. The van der Waals surface area contributed by atoms with Crippen LogP contribution in [0.5, 0.6) is 0 Å². The summed E-state index contributed by atoms with van der Waals surface area (Å²) >= 11 is 0. The predicted octanol–water partition coefficient (Wildman–Crippen LogP) is 2.75. The summed E-state index contributed by atoms with van der Waals surface area (Å²) in [5.74, 6) is -1.68. The number of methoxy groups -OCH3 is 1. The molecule has 15 nitrogen and oxygen atoms in total. The Morgan fingerprint density at radius 3 is 2.18 bits per heavy atom. The van der Waals surface area contributed by atoms with Crippen molar-refractivity contribution in [2.45, 2.75) is 192 Å². The molecule has 3 saturated heterocycles. The third-order valence-corrected chi connectivity index (χ3v) is 12.7. The van der Waals surface area contributed by atoms with E-state index in [2.05, 4.69) is 11.1 Å². The van der Waals surface area contributed by atoms with Crippen molar-refractivity contribution >= 4 is 5.97 Å². The van der Waals surface area contributed by atoms with Crippen LogP contribution in [-0.2, 0) is 33.2 Å². The minimum atomic E-state index is -1.99. The third-order valence-electron chi connectivity index (χ3n) is 12.7. The van der Waals surface area contributed by atoms with Gasteiger partial charge >= 0.3 is 5.97 Å². The lowest BCUT2D eigenvalue weighted by atomic mass is 9.72. The van der Waals surface area contributed by atoms with E-state index in [1.807, 2.05) is 18.9 Å². The maximum Gasteiger partial charge on any atom is 0.311 e. The first-order valence-electron chi connectivity index (χ1n) is 19.8. The van der Waals surface area contributed by atoms with Crippen LogP contribution in [0.1, 0.15) is 101 Å². The zero-order valence-electron chi connectivity index (χ0n) is 35.0. The number of nitrogens with zero attached hydrogens (tertiary/aromatic N) is 2. The molecule has 0 aliphatic carbocycles. The van der Waals surface area contributed by atoms with Gasteiger partial charge in [-0.25, -0.2) is 0 Å². The maximum atomic E-state index is 14.2. The van der Waals surface area contributed by atoms with Gasteiger partial charge in [0.15, 0.2) is 12.6 Å². The Morgan fingerprint density at radius 2 is 1.62 bits per heavy atom. The number of nitroso groups, excluding NO2 is 1. The first-order chi connectivity index (χ1) is 25.5. The van der Waals surface area contributed by atoms with E-state index in [1.165, 1.54) is 21.0 Å². The van der Waals surface area contributed by atoms with Crippen LogP contribution >= 0.6 is 0 Å². The van der Waals surface area contributed by atoms with Crippen molar-refractivity contribution in [1.82, 2.24) is 4.90 Å². The van der Waals surface area contributed by atoms with Crippen molar-refractivity contribution in [3.63, 3.8) is 0 Å². The number of likely N-dealkylation sites (N-methyl/N-ethyl adjacent to an activating group) is 1. The van der Waals surface area contributed by atoms with Crippen molar-refractivity contribution in [3.8, 4) is 12.3 Å². The molecular formula is C40H70N2O13. The molecule has 0 amide bonds. The monoisotopic (exact) mass is 786 g/mol. The summed E-state index contributed by atoms with van der Waals surface area (Å²) in [6, 6.07) is -1.49. The number of carbonyl (C=O) groups is 1. The number of hydrogen-bond acceptors (Lipinski definition) is 15. The molecule has 19 atom stereocenters. The largest absolute Gasteiger partial charge is 0.459 e. The Hall–Kier alpha value is -1.81. The molecule has 0 radical (unpaired) electrons. The SMILES string of the molecule is C#CCCN(C)[C@H]1C[C@@H](C)OC(O[C@@H]2[C@@H](C)[C@H](OC3C[C@@](C)(OC)[C@@H](O)[C@H](C)O3)[C@@H](C)C(=O)O[C@H](CC)[C@@](C)(O)C(O)[C@@H](C)C(N=O)[C@H](C)C[C@@]2(C)O)[C@@H]1O. The minimum absolute atomic E-state index is 0.0790. The fraction of sp³-hybridized carbons (Fsp3) is 0.925. The second-order valence-corrected chi connectivity index (χ2v) is 17.3. The van der Waals surface area contributed by atoms with Crippen molar-refractivity contribution in [2.75, 3.05) is 20.7 Å². The lowest BCUT2D eigenvalue weighted by Gasteiger charge is -2.49. The van der Waals surface area contributed by atoms with Gasteiger partial charge in [0, 0.05) is 44.4 Å². The standard InChI is InChI=1S/C40H70N2O13/c1-14-16-17-42(12)27-18-22(4)51-37(31(27)43)55-35-24(6)32(54-29-20-39(10,50-13)34(45)26(8)52-29)25(7)36(46)53-28(15-2)40(11,48)33(44)23(5)30(41-49)21(3)19-38(35,9)47/h1,21-35,37,43-45,47-48H,15-20H2,2-13H3/t21-,22-,23+,24+,25-,26+,27+,28-,29?,30?,31-,32+,33?,34+,35-,37?,38-,39-,40-/m1/s1. The van der Waals surface area contributed by atoms with Gasteiger partial charge in [-0.3, -0.25) is 9.69 Å². The van der Waals surface area contributed by atoms with E-state index < -0.39 is 114 Å². The van der Waals surface area contributed by atoms with Crippen LogP contribution in [0.3, 0.4) is 0 Å². The Labute approximate surface area is 327 Å². The number of carbonyl (C=O) groups excluding carboxylic acids is 1. The number of cyclic esters (lactones) is 1. The normalized spacial score (nSPS) is 48.1. The molecule has 3 rings (SSSR count). The molecule has 0 bridgehead atoms. The van der Waals surface area contributed by atoms with Crippen molar-refractivity contribution in [2.24, 2.45) is 28.8 Å². The average Bonchev–Trinajstić information content (AvgIpc) is 3.12. The van der Waals surface area contributed by atoms with E-state index in [1.54, 1.807) is 48.5 Å². The van der Waals surface area contributed by atoms with E-state index >= 15 is 0 Å². The van der Waals surface area contributed by atoms with Gasteiger partial charge in [0.1, 0.15) is 23.9 Å². The van der Waals surface area contributed by atoms with Crippen LogP contribution in [0.4, 0.5) is 0 Å². The molecule has 318 valence electrons. The van der Waals surface area contributed by atoms with E-state index in [4.69, 9.17) is 34.8 Å². The molecule has 0 aromatic rings. The second-order valence-electron chi connectivity index (χ2n) is 17.3. The van der Waals surface area contributed by atoms with Crippen LogP contribution in [0.15, 0.2) is 5.18 Å². The van der Waals surface area contributed by atoms with Crippen molar-refractivity contribution in [1.29, 1.82) is 0 Å². The summed E-state index contributed by atoms with van der Waals surface area (Å²) < 4.78 is 37.4. The Morgan fingerprint density at radius 1 is 0.982 bits per heavy atom. The highest BCUT2D eigenvalue weighted by atomic mass is 16.7. The Bertz CT molecular complexity index is 1300. The topological polar surface area (TPSA) is 206 Å². The summed E-state index contributed by atoms with van der Waals surface area (Å²) in [6.07, 6.45) is -3.96. The molecule has 3 aliphatic heterocycles. The Balaban J connectivity index is 2.20. The summed E-state index contributed by atoms with van der Waals surface area (Å²) in [7, 11) is 3.34. The second kappa shape index (κ2) is 19.3. The van der Waals surface area contributed by atoms with Gasteiger partial charge in [-0.2, -0.15) is 4.91 Å². The fourth-order valence-corrected chi connectivity index (χ4v) is 9.12. The maximum absolute atomic E-state index is 14.2. The van der Waals surface area contributed by atoms with Crippen LogP contribution < -0.4 is 0 Å². The fourth-order valence-electron chi connectivity index (χ4n) is 9.12. The first kappa shape index (κ1) is 47.6. The van der Waals surface area contributed by atoms with E-state index in [0.717, 1.165) is 0 Å². The number of terminal acetylenes is 1. The molecule has 55 heavy (non-hydrogen) atoms. The molecule has 0 spiro atoms. The van der Waals surface area contributed by atoms with Gasteiger partial charge in [-0.15, -0.1) is 12.3 Å². The quantitative estimate of drug-likeness (QED) is 0.123. The molecule has 4 unspecified atom stereocenters. The highest BCUT2D eigenvalue weighted by molar-refractivity contribution is 5.73. The molecule has 3 heterocycles. The number of aliphatic hydroxyl groups excluding tert-OH is 3. The van der Waals surface area contributed by atoms with Crippen molar-refractivity contribution in [3.05, 3.63) is 4.91 Å². The lowest BCUT2D eigenvalue weighted by molar-refractivity contribution is -0.318. The van der Waals surface area contributed by atoms with Crippen molar-refractivity contribution < 1.29 is 58.7 Å². The molecule has 3 aliphatic rings. The van der Waals surface area contributed by atoms with E-state index in [-0.39, 0.29) is 25.4 Å². The molecule has 3 fully saturated rings. The van der Waals surface area contributed by atoms with Gasteiger partial charge in [-0.05, 0) is 73.8 Å². The summed E-state index contributed by atoms with van der Waals surface area (Å²) in [5, 5.41) is 61.8. The first-order valence-corrected chi connectivity index (χ1v) is 19.8. The van der Waals surface area contributed by atoms with Crippen LogP contribution in [0.25, 0.3) is 0 Å². The van der Waals surface area contributed by atoms with Crippen LogP contribution in [-0.4, -0.2) is 147 Å². The molecular weight excluding hydrogens is 716 g/mol. The van der Waals surface area contributed by atoms with Crippen LogP contribution in [0.2, 0.25) is 0 Å². The lowest BCUT2D eigenvalue weighted by Crippen LogP contribution is -2.61. The zero-order chi connectivity index (χ0) is 41.8. The number of ether oxygens (including phenoxy) is 6. The van der Waals surface area contributed by atoms with Crippen LogP contribution in [0, 0.1) is 40.9 Å². The molecule has 15 heteroatoms. The summed E-state index contributed by atoms with van der Waals surface area (Å²) in [4.78, 5) is 28.6. The van der Waals surface area contributed by atoms with Gasteiger partial charge in [-0.1, -0.05) is 32.9 Å². The van der Waals surface area contributed by atoms with E-state index in [9.17, 15) is 35.2 Å². The summed E-state index contributed by atoms with van der Waals surface area (Å²) in [6.45, 7) is 17.0. The highest BCUT2D eigenvalue weighted by Gasteiger charge is 2.54. The van der Waals surface area contributed by atoms with Gasteiger partial charge in [0.25, 0.3) is 0 Å². The van der Waals surface area contributed by atoms with Gasteiger partial charge < -0.3 is 54.0 Å². The number of rotatable bonds is 10. The summed E-state index contributed by atoms with van der Waals surface area (Å²) in [5.41, 5.74) is -4.86. The molecule has 0 saturated carbocycles. The minimum Gasteiger partial charge on any atom is -0.459 e. The number of aliphatic hydroxyl groups is 5. The molecule has 5 N–H and O–H groups in total. The highest BCUT2D eigenvalue weighted by Crippen LogP contribution is 2.41. The number of hydrogen-bond donors (Lipinski definition) is 5. The zero-order valence-corrected chi connectivity index (χ0v) is 35.0. The number of esters is 1. The van der Waals surface area contributed by atoms with Gasteiger partial charge in [0.05, 0.1) is 53.7 Å².